The predicted molar refractivity (Wildman–Crippen MR) is 82.7 cm³/mol. The van der Waals surface area contributed by atoms with Crippen LogP contribution in [-0.4, -0.2) is 15.5 Å². The summed E-state index contributed by atoms with van der Waals surface area (Å²) in [6, 6.07) is 10.8. The minimum atomic E-state index is -3.95. The summed E-state index contributed by atoms with van der Waals surface area (Å²) >= 11 is 5.61. The van der Waals surface area contributed by atoms with Gasteiger partial charge in [-0.3, -0.25) is 4.31 Å². The number of benzene rings is 2. The van der Waals surface area contributed by atoms with Crippen LogP contribution in [0.3, 0.4) is 0 Å². The van der Waals surface area contributed by atoms with Gasteiger partial charge in [0.25, 0.3) is 10.0 Å². The van der Waals surface area contributed by atoms with E-state index in [9.17, 15) is 12.8 Å². The number of halogens is 2. The lowest BCUT2D eigenvalue weighted by molar-refractivity contribution is 0.565. The Kier molecular flexibility index (Phi) is 4.54. The van der Waals surface area contributed by atoms with Crippen LogP contribution in [0.15, 0.2) is 47.4 Å². The monoisotopic (exact) mass is 327 g/mol. The Hall–Kier alpha value is -1.59. The molecule has 0 aromatic heterocycles. The van der Waals surface area contributed by atoms with E-state index in [0.29, 0.717) is 11.3 Å². The molecule has 0 N–H and O–H groups in total. The molecule has 6 heteroatoms. The lowest BCUT2D eigenvalue weighted by Crippen LogP contribution is -2.27. The van der Waals surface area contributed by atoms with E-state index in [1.807, 2.05) is 6.92 Å². The summed E-state index contributed by atoms with van der Waals surface area (Å²) in [5, 5.41) is 0. The summed E-state index contributed by atoms with van der Waals surface area (Å²) < 4.78 is 40.1. The van der Waals surface area contributed by atoms with Crippen LogP contribution in [0.2, 0.25) is 0 Å². The second kappa shape index (κ2) is 6.03. The molecule has 0 fully saturated rings. The quantitative estimate of drug-likeness (QED) is 0.803. The Labute approximate surface area is 129 Å². The Morgan fingerprint density at radius 1 is 1.14 bits per heavy atom. The molecule has 0 aliphatic carbocycles. The molecule has 0 unspecified atom stereocenters. The van der Waals surface area contributed by atoms with Crippen molar-refractivity contribution in [3.8, 4) is 0 Å². The zero-order chi connectivity index (χ0) is 15.6. The number of nitrogens with zero attached hydrogens (tertiary/aromatic N) is 1. The lowest BCUT2D eigenvalue weighted by Gasteiger charge is -2.20. The molecule has 0 atom stereocenters. The van der Waals surface area contributed by atoms with Gasteiger partial charge in [-0.1, -0.05) is 23.8 Å². The van der Waals surface area contributed by atoms with Gasteiger partial charge in [-0.25, -0.2) is 12.8 Å². The fourth-order valence-corrected chi connectivity index (χ4v) is 3.28. The zero-order valence-electron chi connectivity index (χ0n) is 11.7. The molecule has 0 bridgehead atoms. The normalized spacial score (nSPS) is 11.4. The largest absolute Gasteiger partial charge is 0.269 e. The number of hydrogen-bond donors (Lipinski definition) is 0. The molecule has 0 radical (unpaired) electrons. The number of anilines is 1. The van der Waals surface area contributed by atoms with Gasteiger partial charge in [-0.2, -0.15) is 0 Å². The first-order chi connectivity index (χ1) is 9.86. The van der Waals surface area contributed by atoms with Crippen LogP contribution in [0.25, 0.3) is 0 Å². The van der Waals surface area contributed by atoms with Crippen molar-refractivity contribution in [3.05, 3.63) is 59.4 Å². The second-order valence-electron chi connectivity index (χ2n) is 4.71. The van der Waals surface area contributed by atoms with Crippen molar-refractivity contribution in [2.75, 3.05) is 11.4 Å². The Morgan fingerprint density at radius 3 is 2.29 bits per heavy atom. The van der Waals surface area contributed by atoms with Gasteiger partial charge in [-0.15, -0.1) is 11.6 Å². The van der Waals surface area contributed by atoms with E-state index < -0.39 is 15.8 Å². The fourth-order valence-electron chi connectivity index (χ4n) is 1.88. The van der Waals surface area contributed by atoms with E-state index in [4.69, 9.17) is 11.6 Å². The van der Waals surface area contributed by atoms with Gasteiger partial charge in [0.1, 0.15) is 10.7 Å². The van der Waals surface area contributed by atoms with Gasteiger partial charge < -0.3 is 0 Å². The van der Waals surface area contributed by atoms with Crippen molar-refractivity contribution in [1.82, 2.24) is 0 Å². The SMILES string of the molecule is Cc1ccc(N(C)S(=O)(=O)c2ccc(CCl)cc2F)cc1. The maximum Gasteiger partial charge on any atom is 0.266 e. The zero-order valence-corrected chi connectivity index (χ0v) is 13.2. The van der Waals surface area contributed by atoms with E-state index in [0.717, 1.165) is 15.9 Å². The van der Waals surface area contributed by atoms with Crippen LogP contribution in [0, 0.1) is 12.7 Å². The van der Waals surface area contributed by atoms with E-state index in [-0.39, 0.29) is 10.8 Å². The molecule has 0 aliphatic rings. The molecular weight excluding hydrogens is 313 g/mol. The number of rotatable bonds is 4. The number of sulfonamides is 1. The van der Waals surface area contributed by atoms with Crippen molar-refractivity contribution >= 4 is 27.3 Å². The maximum atomic E-state index is 14.0. The summed E-state index contributed by atoms with van der Waals surface area (Å²) in [4.78, 5) is -0.362. The smallest absolute Gasteiger partial charge is 0.266 e. The first-order valence-electron chi connectivity index (χ1n) is 6.26. The van der Waals surface area contributed by atoms with Crippen LogP contribution >= 0.6 is 11.6 Å². The van der Waals surface area contributed by atoms with E-state index >= 15 is 0 Å². The molecule has 0 heterocycles. The summed E-state index contributed by atoms with van der Waals surface area (Å²) in [5.41, 5.74) is 2.02. The van der Waals surface area contributed by atoms with Crippen molar-refractivity contribution in [1.29, 1.82) is 0 Å². The van der Waals surface area contributed by atoms with Gasteiger partial charge in [0, 0.05) is 12.9 Å². The summed E-state index contributed by atoms with van der Waals surface area (Å²) in [5.74, 6) is -0.669. The summed E-state index contributed by atoms with van der Waals surface area (Å²) in [7, 11) is -2.55. The average Bonchev–Trinajstić information content (AvgIpc) is 2.46. The van der Waals surface area contributed by atoms with E-state index in [2.05, 4.69) is 0 Å². The summed E-state index contributed by atoms with van der Waals surface area (Å²) in [6.07, 6.45) is 0. The van der Waals surface area contributed by atoms with Crippen LogP contribution in [0.4, 0.5) is 10.1 Å². The van der Waals surface area contributed by atoms with Gasteiger partial charge in [0.05, 0.1) is 5.69 Å². The van der Waals surface area contributed by atoms with Gasteiger partial charge >= 0.3 is 0 Å². The number of aryl methyl sites for hydroxylation is 1. The third-order valence-corrected chi connectivity index (χ3v) is 5.31. The molecule has 112 valence electrons. The van der Waals surface area contributed by atoms with Crippen LogP contribution < -0.4 is 4.31 Å². The minimum absolute atomic E-state index is 0.130. The van der Waals surface area contributed by atoms with Crippen molar-refractivity contribution in [3.63, 3.8) is 0 Å². The molecule has 2 aromatic rings. The number of hydrogen-bond acceptors (Lipinski definition) is 2. The maximum absolute atomic E-state index is 14.0. The molecular formula is C15H15ClFNO2S. The Morgan fingerprint density at radius 2 is 1.76 bits per heavy atom. The summed E-state index contributed by atoms with van der Waals surface area (Å²) in [6.45, 7) is 1.91. The van der Waals surface area contributed by atoms with Crippen molar-refractivity contribution in [2.24, 2.45) is 0 Å². The second-order valence-corrected chi connectivity index (χ2v) is 6.91. The fraction of sp³-hybridized carbons (Fsp3) is 0.200. The molecule has 0 saturated heterocycles. The third-order valence-electron chi connectivity index (χ3n) is 3.19. The average molecular weight is 328 g/mol. The van der Waals surface area contributed by atoms with Crippen molar-refractivity contribution < 1.29 is 12.8 Å². The molecule has 0 aliphatic heterocycles. The molecule has 2 rings (SSSR count). The Balaban J connectivity index is 2.44. The number of alkyl halides is 1. The molecule has 0 spiro atoms. The van der Waals surface area contributed by atoms with E-state index in [1.165, 1.54) is 19.2 Å². The van der Waals surface area contributed by atoms with Gasteiger partial charge in [-0.05, 0) is 36.8 Å². The minimum Gasteiger partial charge on any atom is -0.269 e. The highest BCUT2D eigenvalue weighted by atomic mass is 35.5. The Bertz CT molecular complexity index is 745. The highest BCUT2D eigenvalue weighted by Crippen LogP contribution is 2.25. The predicted octanol–water partition coefficient (Wildman–Crippen LogP) is 3.70. The molecule has 0 saturated carbocycles. The molecule has 21 heavy (non-hydrogen) atoms. The molecule has 2 aromatic carbocycles. The van der Waals surface area contributed by atoms with Crippen molar-refractivity contribution in [2.45, 2.75) is 17.7 Å². The van der Waals surface area contributed by atoms with Gasteiger partial charge in [0.15, 0.2) is 0 Å². The first-order valence-corrected chi connectivity index (χ1v) is 8.23. The third kappa shape index (κ3) is 3.19. The van der Waals surface area contributed by atoms with Crippen LogP contribution in [0.5, 0.6) is 0 Å². The van der Waals surface area contributed by atoms with Crippen LogP contribution in [-0.2, 0) is 15.9 Å². The van der Waals surface area contributed by atoms with Gasteiger partial charge in [0.2, 0.25) is 0 Å². The standard InChI is InChI=1S/C15H15ClFNO2S/c1-11-3-6-13(7-4-11)18(2)21(19,20)15-8-5-12(10-16)9-14(15)17/h3-9H,10H2,1-2H3. The lowest BCUT2D eigenvalue weighted by atomic mass is 10.2. The highest BCUT2D eigenvalue weighted by molar-refractivity contribution is 7.92. The van der Waals surface area contributed by atoms with E-state index in [1.54, 1.807) is 24.3 Å². The van der Waals surface area contributed by atoms with Crippen LogP contribution in [0.1, 0.15) is 11.1 Å². The molecule has 0 amide bonds. The highest BCUT2D eigenvalue weighted by Gasteiger charge is 2.24. The topological polar surface area (TPSA) is 37.4 Å². The molecule has 3 nitrogen and oxygen atoms in total. The first kappa shape index (κ1) is 15.8.